The van der Waals surface area contributed by atoms with Crippen molar-refractivity contribution < 1.29 is 14.3 Å². The minimum absolute atomic E-state index is 0.256. The number of hydrogen-bond donors (Lipinski definition) is 0. The Kier molecular flexibility index (Phi) is 3.94. The Bertz CT molecular complexity index is 589. The fourth-order valence-corrected chi connectivity index (χ4v) is 2.39. The summed E-state index contributed by atoms with van der Waals surface area (Å²) in [6.07, 6.45) is 3.84. The minimum Gasteiger partial charge on any atom is -0.497 e. The predicted octanol–water partition coefficient (Wildman–Crippen LogP) is 2.88. The second-order valence-corrected chi connectivity index (χ2v) is 4.63. The average molecular weight is 263 g/mol. The summed E-state index contributed by atoms with van der Waals surface area (Å²) in [7, 11) is 3.01. The van der Waals surface area contributed by atoms with Gasteiger partial charge >= 0.3 is 5.97 Å². The number of carbonyl (C=O) groups is 1. The standard InChI is InChI=1S/C13H13NO3S/c1-16-9-6-7-10-11(8-9)18-12(14-10)4-3-5-13(15)17-2/h3-4,6-8H,5H2,1-2H3. The Balaban J connectivity index is 2.17. The molecule has 0 N–H and O–H groups in total. The highest BCUT2D eigenvalue weighted by Gasteiger charge is 2.03. The van der Waals surface area contributed by atoms with Crippen LogP contribution >= 0.6 is 11.3 Å². The Labute approximate surface area is 109 Å². The molecule has 5 heteroatoms. The molecule has 4 nitrogen and oxygen atoms in total. The molecule has 0 aliphatic carbocycles. The van der Waals surface area contributed by atoms with Crippen molar-refractivity contribution in [2.24, 2.45) is 0 Å². The van der Waals surface area contributed by atoms with Crippen molar-refractivity contribution >= 4 is 33.6 Å². The highest BCUT2D eigenvalue weighted by Crippen LogP contribution is 2.26. The van der Waals surface area contributed by atoms with Gasteiger partial charge in [-0.2, -0.15) is 0 Å². The van der Waals surface area contributed by atoms with Gasteiger partial charge in [0, 0.05) is 0 Å². The number of ether oxygens (including phenoxy) is 2. The molecule has 0 bridgehead atoms. The molecule has 0 saturated heterocycles. The average Bonchev–Trinajstić information content (AvgIpc) is 2.79. The second kappa shape index (κ2) is 5.64. The summed E-state index contributed by atoms with van der Waals surface area (Å²) in [5, 5.41) is 0.863. The van der Waals surface area contributed by atoms with Crippen molar-refractivity contribution in [1.29, 1.82) is 0 Å². The smallest absolute Gasteiger partial charge is 0.309 e. The summed E-state index contributed by atoms with van der Waals surface area (Å²) in [4.78, 5) is 15.4. The highest BCUT2D eigenvalue weighted by atomic mass is 32.1. The van der Waals surface area contributed by atoms with Gasteiger partial charge in [0.25, 0.3) is 0 Å². The molecule has 0 spiro atoms. The molecule has 1 heterocycles. The van der Waals surface area contributed by atoms with Crippen LogP contribution in [0.1, 0.15) is 11.4 Å². The third-order valence-electron chi connectivity index (χ3n) is 2.38. The fraction of sp³-hybridized carbons (Fsp3) is 0.231. The first-order chi connectivity index (χ1) is 8.72. The summed E-state index contributed by atoms with van der Waals surface area (Å²) in [5.41, 5.74) is 0.929. The van der Waals surface area contributed by atoms with E-state index in [1.165, 1.54) is 7.11 Å². The van der Waals surface area contributed by atoms with E-state index in [0.29, 0.717) is 0 Å². The largest absolute Gasteiger partial charge is 0.497 e. The van der Waals surface area contributed by atoms with Gasteiger partial charge in [-0.1, -0.05) is 6.08 Å². The van der Waals surface area contributed by atoms with Crippen molar-refractivity contribution in [3.63, 3.8) is 0 Å². The maximum absolute atomic E-state index is 11.0. The van der Waals surface area contributed by atoms with Gasteiger partial charge in [-0.05, 0) is 24.3 Å². The number of fused-ring (bicyclic) bond motifs is 1. The highest BCUT2D eigenvalue weighted by molar-refractivity contribution is 7.19. The lowest BCUT2D eigenvalue weighted by molar-refractivity contribution is -0.139. The van der Waals surface area contributed by atoms with Gasteiger partial charge in [-0.15, -0.1) is 11.3 Å². The number of esters is 1. The number of rotatable bonds is 4. The third-order valence-corrected chi connectivity index (χ3v) is 3.37. The van der Waals surface area contributed by atoms with E-state index in [0.717, 1.165) is 21.0 Å². The van der Waals surface area contributed by atoms with Gasteiger partial charge in [0.05, 0.1) is 30.9 Å². The van der Waals surface area contributed by atoms with Crippen LogP contribution in [0.4, 0.5) is 0 Å². The Hall–Kier alpha value is -1.88. The van der Waals surface area contributed by atoms with Crippen molar-refractivity contribution in [2.75, 3.05) is 14.2 Å². The summed E-state index contributed by atoms with van der Waals surface area (Å²) in [5.74, 6) is 0.560. The predicted molar refractivity (Wildman–Crippen MR) is 71.8 cm³/mol. The van der Waals surface area contributed by atoms with Gasteiger partial charge in [0.1, 0.15) is 10.8 Å². The minimum atomic E-state index is -0.256. The number of nitrogens with zero attached hydrogens (tertiary/aromatic N) is 1. The van der Waals surface area contributed by atoms with E-state index in [-0.39, 0.29) is 12.4 Å². The molecule has 0 amide bonds. The zero-order chi connectivity index (χ0) is 13.0. The molecule has 94 valence electrons. The topological polar surface area (TPSA) is 48.4 Å². The molecule has 18 heavy (non-hydrogen) atoms. The van der Waals surface area contributed by atoms with Crippen LogP contribution in [0.15, 0.2) is 24.3 Å². The van der Waals surface area contributed by atoms with Crippen LogP contribution in [0.5, 0.6) is 5.75 Å². The van der Waals surface area contributed by atoms with E-state index >= 15 is 0 Å². The molecule has 0 fully saturated rings. The molecule has 1 aromatic carbocycles. The number of methoxy groups -OCH3 is 2. The van der Waals surface area contributed by atoms with Crippen LogP contribution in [-0.4, -0.2) is 25.2 Å². The molecule has 1 aromatic heterocycles. The quantitative estimate of drug-likeness (QED) is 0.796. The molecule has 0 unspecified atom stereocenters. The summed E-state index contributed by atoms with van der Waals surface area (Å²) < 4.78 is 10.8. The van der Waals surface area contributed by atoms with Crippen molar-refractivity contribution in [1.82, 2.24) is 4.98 Å². The molecule has 2 aromatic rings. The lowest BCUT2D eigenvalue weighted by atomic mass is 10.3. The number of aromatic nitrogens is 1. The lowest BCUT2D eigenvalue weighted by Gasteiger charge is -1.96. The van der Waals surface area contributed by atoms with E-state index in [4.69, 9.17) is 4.74 Å². The van der Waals surface area contributed by atoms with E-state index < -0.39 is 0 Å². The maximum Gasteiger partial charge on any atom is 0.309 e. The molecule has 0 radical (unpaired) electrons. The summed E-state index contributed by atoms with van der Waals surface area (Å²) in [6.45, 7) is 0. The normalized spacial score (nSPS) is 11.0. The van der Waals surface area contributed by atoms with Crippen LogP contribution < -0.4 is 4.74 Å². The first kappa shape index (κ1) is 12.6. The van der Waals surface area contributed by atoms with Crippen LogP contribution in [0.2, 0.25) is 0 Å². The monoisotopic (exact) mass is 263 g/mol. The fourth-order valence-electron chi connectivity index (χ4n) is 1.46. The summed E-state index contributed by atoms with van der Waals surface area (Å²) >= 11 is 1.56. The molecule has 0 atom stereocenters. The van der Waals surface area contributed by atoms with Crippen molar-refractivity contribution in [2.45, 2.75) is 6.42 Å². The SMILES string of the molecule is COC(=O)CC=Cc1nc2ccc(OC)cc2s1. The Morgan fingerprint density at radius 1 is 1.44 bits per heavy atom. The number of carbonyl (C=O) groups excluding carboxylic acids is 1. The number of thiazole rings is 1. The van der Waals surface area contributed by atoms with Gasteiger partial charge in [0.15, 0.2) is 0 Å². The van der Waals surface area contributed by atoms with Crippen molar-refractivity contribution in [3.05, 3.63) is 29.3 Å². The first-order valence-corrected chi connectivity index (χ1v) is 6.22. The second-order valence-electron chi connectivity index (χ2n) is 3.57. The molecule has 0 saturated carbocycles. The molecule has 2 rings (SSSR count). The summed E-state index contributed by atoms with van der Waals surface area (Å²) in [6, 6.07) is 5.75. The number of benzene rings is 1. The van der Waals surface area contributed by atoms with Crippen LogP contribution in [0.3, 0.4) is 0 Å². The van der Waals surface area contributed by atoms with Gasteiger partial charge in [-0.25, -0.2) is 4.98 Å². The van der Waals surface area contributed by atoms with Crippen LogP contribution in [-0.2, 0) is 9.53 Å². The zero-order valence-electron chi connectivity index (χ0n) is 10.2. The van der Waals surface area contributed by atoms with E-state index in [1.54, 1.807) is 24.5 Å². The van der Waals surface area contributed by atoms with E-state index in [9.17, 15) is 4.79 Å². The van der Waals surface area contributed by atoms with E-state index in [2.05, 4.69) is 9.72 Å². The maximum atomic E-state index is 11.0. The number of hydrogen-bond acceptors (Lipinski definition) is 5. The van der Waals surface area contributed by atoms with Gasteiger partial charge in [0.2, 0.25) is 0 Å². The lowest BCUT2D eigenvalue weighted by Crippen LogP contribution is -1.96. The third kappa shape index (κ3) is 2.87. The van der Waals surface area contributed by atoms with Gasteiger partial charge < -0.3 is 9.47 Å². The zero-order valence-corrected chi connectivity index (χ0v) is 11.0. The van der Waals surface area contributed by atoms with Crippen molar-refractivity contribution in [3.8, 4) is 5.75 Å². The first-order valence-electron chi connectivity index (χ1n) is 5.41. The molecular weight excluding hydrogens is 250 g/mol. The molecular formula is C13H13NO3S. The van der Waals surface area contributed by atoms with E-state index in [1.807, 2.05) is 24.3 Å². The van der Waals surface area contributed by atoms with Crippen LogP contribution in [0.25, 0.3) is 16.3 Å². The molecule has 0 aliphatic rings. The van der Waals surface area contributed by atoms with Gasteiger partial charge in [-0.3, -0.25) is 4.79 Å². The Morgan fingerprint density at radius 3 is 3.00 bits per heavy atom. The molecule has 0 aliphatic heterocycles. The van der Waals surface area contributed by atoms with Crippen LogP contribution in [0, 0.1) is 0 Å². The Morgan fingerprint density at radius 2 is 2.28 bits per heavy atom.